The van der Waals surface area contributed by atoms with Crippen LogP contribution in [0, 0.1) is 6.92 Å². The van der Waals surface area contributed by atoms with Crippen molar-refractivity contribution >= 4 is 22.9 Å². The molecule has 0 fully saturated rings. The number of hydrogen-bond donors (Lipinski definition) is 3. The number of fused-ring (bicyclic) bond motifs is 1. The van der Waals surface area contributed by atoms with Crippen LogP contribution in [0.4, 0.5) is 5.95 Å². The van der Waals surface area contributed by atoms with Crippen LogP contribution in [0.5, 0.6) is 0 Å². The van der Waals surface area contributed by atoms with Crippen LogP contribution in [-0.4, -0.2) is 15.9 Å². The number of imidazole rings is 1. The third-order valence-corrected chi connectivity index (χ3v) is 3.86. The quantitative estimate of drug-likeness (QED) is 0.677. The highest BCUT2D eigenvalue weighted by Crippen LogP contribution is 2.23. The third kappa shape index (κ3) is 3.34. The number of H-pyrrole nitrogens is 1. The molecule has 1 amide bonds. The lowest BCUT2D eigenvalue weighted by molar-refractivity contribution is -0.117. The molecule has 0 unspecified atom stereocenters. The highest BCUT2D eigenvalue weighted by atomic mass is 16.1. The second-order valence-electron chi connectivity index (χ2n) is 5.82. The molecule has 0 saturated heterocycles. The predicted molar refractivity (Wildman–Crippen MR) is 92.2 cm³/mol. The van der Waals surface area contributed by atoms with E-state index in [2.05, 4.69) is 47.3 Å². The van der Waals surface area contributed by atoms with Crippen LogP contribution in [0.2, 0.25) is 0 Å². The van der Waals surface area contributed by atoms with E-state index in [0.29, 0.717) is 5.95 Å². The van der Waals surface area contributed by atoms with Crippen molar-refractivity contribution < 1.29 is 4.79 Å². The number of primary amides is 1. The van der Waals surface area contributed by atoms with Gasteiger partial charge in [0.25, 0.3) is 0 Å². The number of amides is 1. The van der Waals surface area contributed by atoms with E-state index in [1.165, 1.54) is 11.1 Å². The van der Waals surface area contributed by atoms with Gasteiger partial charge in [0, 0.05) is 0 Å². The lowest BCUT2D eigenvalue weighted by Gasteiger charge is -2.13. The number of hydrogen-bond acceptors (Lipinski definition) is 3. The maximum absolute atomic E-state index is 11.2. The first-order chi connectivity index (χ1) is 11.0. The van der Waals surface area contributed by atoms with Crippen LogP contribution in [0.3, 0.4) is 0 Å². The van der Waals surface area contributed by atoms with E-state index in [1.54, 1.807) is 0 Å². The fourth-order valence-corrected chi connectivity index (χ4v) is 2.72. The molecule has 2 aromatic carbocycles. The van der Waals surface area contributed by atoms with Gasteiger partial charge in [-0.05, 0) is 31.0 Å². The minimum Gasteiger partial charge on any atom is -0.369 e. The molecule has 0 bridgehead atoms. The first-order valence-corrected chi connectivity index (χ1v) is 7.62. The normalized spacial score (nSPS) is 12.3. The SMILES string of the molecule is Cc1cccc([C@H](C)Nc2nc3c(CC(N)=O)cccc3[nH]2)c1. The predicted octanol–water partition coefficient (Wildman–Crippen LogP) is 3.07. The number of nitrogens with two attached hydrogens (primary N) is 1. The number of nitrogens with zero attached hydrogens (tertiary/aromatic N) is 1. The Labute approximate surface area is 134 Å². The zero-order chi connectivity index (χ0) is 16.4. The smallest absolute Gasteiger partial charge is 0.221 e. The molecule has 0 radical (unpaired) electrons. The number of benzene rings is 2. The van der Waals surface area contributed by atoms with Crippen molar-refractivity contribution in [2.45, 2.75) is 26.3 Å². The molecule has 0 aliphatic carbocycles. The number of aromatic nitrogens is 2. The molecule has 3 rings (SSSR count). The van der Waals surface area contributed by atoms with Gasteiger partial charge >= 0.3 is 0 Å². The topological polar surface area (TPSA) is 83.8 Å². The molecule has 4 N–H and O–H groups in total. The number of aryl methyl sites for hydroxylation is 1. The summed E-state index contributed by atoms with van der Waals surface area (Å²) in [6.07, 6.45) is 0.190. The summed E-state index contributed by atoms with van der Waals surface area (Å²) in [5.74, 6) is 0.328. The van der Waals surface area contributed by atoms with E-state index in [1.807, 2.05) is 24.3 Å². The van der Waals surface area contributed by atoms with Gasteiger partial charge in [-0.25, -0.2) is 4.98 Å². The van der Waals surface area contributed by atoms with Gasteiger partial charge in [-0.2, -0.15) is 0 Å². The highest BCUT2D eigenvalue weighted by Gasteiger charge is 2.11. The maximum Gasteiger partial charge on any atom is 0.221 e. The lowest BCUT2D eigenvalue weighted by Crippen LogP contribution is -2.13. The fraction of sp³-hybridized carbons (Fsp3) is 0.222. The zero-order valence-electron chi connectivity index (χ0n) is 13.3. The second kappa shape index (κ2) is 6.12. The summed E-state index contributed by atoms with van der Waals surface area (Å²) in [6.45, 7) is 4.17. The molecule has 5 heteroatoms. The maximum atomic E-state index is 11.2. The minimum absolute atomic E-state index is 0.120. The van der Waals surface area contributed by atoms with Crippen molar-refractivity contribution in [3.8, 4) is 0 Å². The number of carbonyl (C=O) groups is 1. The largest absolute Gasteiger partial charge is 0.369 e. The summed E-state index contributed by atoms with van der Waals surface area (Å²) in [7, 11) is 0. The molecule has 23 heavy (non-hydrogen) atoms. The summed E-state index contributed by atoms with van der Waals surface area (Å²) in [5, 5.41) is 3.37. The van der Waals surface area contributed by atoms with Crippen molar-refractivity contribution in [2.75, 3.05) is 5.32 Å². The first-order valence-electron chi connectivity index (χ1n) is 7.62. The van der Waals surface area contributed by atoms with Gasteiger partial charge in [0.05, 0.1) is 23.5 Å². The molecule has 0 aliphatic heterocycles. The molecular weight excluding hydrogens is 288 g/mol. The molecule has 5 nitrogen and oxygen atoms in total. The van der Waals surface area contributed by atoms with Gasteiger partial charge in [0.1, 0.15) is 0 Å². The zero-order valence-corrected chi connectivity index (χ0v) is 13.3. The number of carbonyl (C=O) groups excluding carboxylic acids is 1. The Balaban J connectivity index is 1.87. The molecule has 0 spiro atoms. The van der Waals surface area contributed by atoms with Gasteiger partial charge in [-0.3, -0.25) is 4.79 Å². The van der Waals surface area contributed by atoms with Crippen LogP contribution in [0.1, 0.15) is 29.7 Å². The van der Waals surface area contributed by atoms with E-state index in [-0.39, 0.29) is 18.4 Å². The molecule has 0 saturated carbocycles. The van der Waals surface area contributed by atoms with Crippen LogP contribution in [0.15, 0.2) is 42.5 Å². The summed E-state index contributed by atoms with van der Waals surface area (Å²) in [6, 6.07) is 14.2. The van der Waals surface area contributed by atoms with Crippen molar-refractivity contribution in [1.82, 2.24) is 9.97 Å². The number of nitrogens with one attached hydrogen (secondary N) is 2. The van der Waals surface area contributed by atoms with Crippen LogP contribution < -0.4 is 11.1 Å². The molecular formula is C18H20N4O. The number of rotatable bonds is 5. The van der Waals surface area contributed by atoms with Crippen molar-refractivity contribution in [1.29, 1.82) is 0 Å². The van der Waals surface area contributed by atoms with Crippen LogP contribution >= 0.6 is 0 Å². The minimum atomic E-state index is -0.358. The standard InChI is InChI=1S/C18H20N4O/c1-11-5-3-6-13(9-11)12(2)20-18-21-15-8-4-7-14(10-16(19)23)17(15)22-18/h3-9,12H,10H2,1-2H3,(H2,19,23)(H2,20,21,22)/t12-/m0/s1. The Hall–Kier alpha value is -2.82. The van der Waals surface area contributed by atoms with Gasteiger partial charge in [0.2, 0.25) is 11.9 Å². The van der Waals surface area contributed by atoms with Crippen molar-refractivity contribution in [3.63, 3.8) is 0 Å². The molecule has 3 aromatic rings. The van der Waals surface area contributed by atoms with Crippen LogP contribution in [-0.2, 0) is 11.2 Å². The number of aromatic amines is 1. The summed E-state index contributed by atoms with van der Waals surface area (Å²) < 4.78 is 0. The highest BCUT2D eigenvalue weighted by molar-refractivity contribution is 5.86. The lowest BCUT2D eigenvalue weighted by atomic mass is 10.1. The number of anilines is 1. The first kappa shape index (κ1) is 15.1. The molecule has 1 aromatic heterocycles. The van der Waals surface area contributed by atoms with E-state index in [0.717, 1.165) is 16.6 Å². The Morgan fingerprint density at radius 1 is 1.30 bits per heavy atom. The Bertz CT molecular complexity index is 853. The average Bonchev–Trinajstić information content (AvgIpc) is 2.90. The van der Waals surface area contributed by atoms with Crippen molar-refractivity contribution in [3.05, 3.63) is 59.2 Å². The van der Waals surface area contributed by atoms with E-state index >= 15 is 0 Å². The molecule has 1 heterocycles. The average molecular weight is 308 g/mol. The molecule has 0 aliphatic rings. The summed E-state index contributed by atoms with van der Waals surface area (Å²) >= 11 is 0. The monoisotopic (exact) mass is 308 g/mol. The fourth-order valence-electron chi connectivity index (χ4n) is 2.72. The van der Waals surface area contributed by atoms with Crippen LogP contribution in [0.25, 0.3) is 11.0 Å². The van der Waals surface area contributed by atoms with Gasteiger partial charge in [0.15, 0.2) is 0 Å². The second-order valence-corrected chi connectivity index (χ2v) is 5.82. The van der Waals surface area contributed by atoms with Crippen molar-refractivity contribution in [2.24, 2.45) is 5.73 Å². The van der Waals surface area contributed by atoms with Gasteiger partial charge < -0.3 is 16.0 Å². The summed E-state index contributed by atoms with van der Waals surface area (Å²) in [5.41, 5.74) is 10.2. The summed E-state index contributed by atoms with van der Waals surface area (Å²) in [4.78, 5) is 19.0. The van der Waals surface area contributed by atoms with Gasteiger partial charge in [-0.15, -0.1) is 0 Å². The van der Waals surface area contributed by atoms with E-state index in [4.69, 9.17) is 5.73 Å². The molecule has 118 valence electrons. The van der Waals surface area contributed by atoms with E-state index < -0.39 is 0 Å². The molecule has 1 atom stereocenters. The Morgan fingerprint density at radius 3 is 2.83 bits per heavy atom. The van der Waals surface area contributed by atoms with Gasteiger partial charge in [-0.1, -0.05) is 42.0 Å². The Morgan fingerprint density at radius 2 is 2.09 bits per heavy atom. The Kier molecular flexibility index (Phi) is 4.02. The van der Waals surface area contributed by atoms with E-state index in [9.17, 15) is 4.79 Å². The third-order valence-electron chi connectivity index (χ3n) is 3.86. The number of para-hydroxylation sites is 1.